The Bertz CT molecular complexity index is 559. The second kappa shape index (κ2) is 7.20. The number of nitro benzene ring substituents is 1. The summed E-state index contributed by atoms with van der Waals surface area (Å²) in [6.45, 7) is -0.223. The van der Waals surface area contributed by atoms with Gasteiger partial charge in [-0.2, -0.15) is 0 Å². The molecule has 1 atom stereocenters. The first-order valence-corrected chi connectivity index (χ1v) is 5.75. The van der Waals surface area contributed by atoms with Crippen LogP contribution in [-0.2, 0) is 9.53 Å². The molecule has 0 bridgehead atoms. The summed E-state index contributed by atoms with van der Waals surface area (Å²) in [5, 5.41) is 22.0. The average Bonchev–Trinajstić information content (AvgIpc) is 2.45. The van der Waals surface area contributed by atoms with Crippen molar-refractivity contribution in [3.8, 4) is 5.75 Å². The topological polar surface area (TPSA) is 128 Å². The summed E-state index contributed by atoms with van der Waals surface area (Å²) in [5.74, 6) is -2.03. The molecule has 0 saturated carbocycles. The lowest BCUT2D eigenvalue weighted by Crippen LogP contribution is -2.43. The van der Waals surface area contributed by atoms with Gasteiger partial charge < -0.3 is 19.9 Å². The molecule has 1 unspecified atom stereocenters. The number of benzene rings is 1. The molecular weight excluding hydrogens is 284 g/mol. The van der Waals surface area contributed by atoms with Crippen LogP contribution >= 0.6 is 0 Å². The number of nitrogens with zero attached hydrogens (tertiary/aromatic N) is 1. The molecule has 0 aromatic heterocycles. The van der Waals surface area contributed by atoms with Crippen LogP contribution < -0.4 is 10.1 Å². The van der Waals surface area contributed by atoms with Crippen LogP contribution in [0.5, 0.6) is 5.75 Å². The Morgan fingerprint density at radius 1 is 1.43 bits per heavy atom. The molecule has 21 heavy (non-hydrogen) atoms. The fourth-order valence-electron chi connectivity index (χ4n) is 1.56. The van der Waals surface area contributed by atoms with Gasteiger partial charge >= 0.3 is 11.7 Å². The van der Waals surface area contributed by atoms with E-state index in [-0.39, 0.29) is 23.6 Å². The number of hydrogen-bond acceptors (Lipinski definition) is 6. The Balaban J connectivity index is 2.99. The maximum Gasteiger partial charge on any atom is 0.328 e. The predicted molar refractivity (Wildman–Crippen MR) is 70.4 cm³/mol. The summed E-state index contributed by atoms with van der Waals surface area (Å²) in [6.07, 6.45) is 0. The molecule has 0 aliphatic heterocycles. The van der Waals surface area contributed by atoms with Gasteiger partial charge in [-0.1, -0.05) is 0 Å². The number of rotatable bonds is 7. The van der Waals surface area contributed by atoms with Gasteiger partial charge in [0.15, 0.2) is 11.8 Å². The molecule has 0 heterocycles. The molecule has 0 radical (unpaired) electrons. The van der Waals surface area contributed by atoms with Crippen molar-refractivity contribution in [1.29, 1.82) is 0 Å². The quantitative estimate of drug-likeness (QED) is 0.551. The van der Waals surface area contributed by atoms with Crippen molar-refractivity contribution in [2.45, 2.75) is 6.04 Å². The molecule has 1 aromatic rings. The second-order valence-electron chi connectivity index (χ2n) is 3.96. The SMILES string of the molecule is COCC(NC(=O)c1ccc(OC)c([N+](=O)[O-])c1)C(=O)O. The van der Waals surface area contributed by atoms with Crippen molar-refractivity contribution < 1.29 is 29.1 Å². The van der Waals surface area contributed by atoms with Crippen LogP contribution in [0.2, 0.25) is 0 Å². The van der Waals surface area contributed by atoms with Gasteiger partial charge in [0.2, 0.25) is 0 Å². The van der Waals surface area contributed by atoms with Gasteiger partial charge in [-0.15, -0.1) is 0 Å². The Hall–Kier alpha value is -2.68. The standard InChI is InChI=1S/C12H14N2O7/c1-20-6-8(12(16)17)13-11(15)7-3-4-10(21-2)9(5-7)14(18)19/h3-5,8H,6H2,1-2H3,(H,13,15)(H,16,17). The molecule has 2 N–H and O–H groups in total. The van der Waals surface area contributed by atoms with Gasteiger partial charge in [0.1, 0.15) is 0 Å². The van der Waals surface area contributed by atoms with Gasteiger partial charge in [-0.25, -0.2) is 4.79 Å². The van der Waals surface area contributed by atoms with E-state index in [1.807, 2.05) is 0 Å². The van der Waals surface area contributed by atoms with Gasteiger partial charge in [0.05, 0.1) is 18.6 Å². The summed E-state index contributed by atoms with van der Waals surface area (Å²) < 4.78 is 9.49. The maximum atomic E-state index is 11.9. The summed E-state index contributed by atoms with van der Waals surface area (Å²) in [6, 6.07) is 2.33. The van der Waals surface area contributed by atoms with Crippen molar-refractivity contribution in [1.82, 2.24) is 5.32 Å². The number of nitrogens with one attached hydrogen (secondary N) is 1. The maximum absolute atomic E-state index is 11.9. The highest BCUT2D eigenvalue weighted by Gasteiger charge is 2.23. The van der Waals surface area contributed by atoms with E-state index in [0.717, 1.165) is 6.07 Å². The summed E-state index contributed by atoms with van der Waals surface area (Å²) in [5.41, 5.74) is -0.436. The Kier molecular flexibility index (Phi) is 5.61. The van der Waals surface area contributed by atoms with Crippen LogP contribution in [0.4, 0.5) is 5.69 Å². The highest BCUT2D eigenvalue weighted by atomic mass is 16.6. The smallest absolute Gasteiger partial charge is 0.328 e. The Morgan fingerprint density at radius 3 is 2.57 bits per heavy atom. The summed E-state index contributed by atoms with van der Waals surface area (Å²) >= 11 is 0. The van der Waals surface area contributed by atoms with Gasteiger partial charge in [-0.05, 0) is 12.1 Å². The van der Waals surface area contributed by atoms with E-state index in [1.54, 1.807) is 0 Å². The number of aliphatic carboxylic acids is 1. The first-order valence-electron chi connectivity index (χ1n) is 5.75. The highest BCUT2D eigenvalue weighted by molar-refractivity contribution is 5.97. The van der Waals surface area contributed by atoms with E-state index in [1.165, 1.54) is 26.4 Å². The van der Waals surface area contributed by atoms with Crippen LogP contribution in [0.3, 0.4) is 0 Å². The first kappa shape index (κ1) is 16.4. The molecule has 0 saturated heterocycles. The van der Waals surface area contributed by atoms with Crippen molar-refractivity contribution >= 4 is 17.6 Å². The second-order valence-corrected chi connectivity index (χ2v) is 3.96. The molecule has 0 aliphatic carbocycles. The molecule has 0 spiro atoms. The number of methoxy groups -OCH3 is 2. The predicted octanol–water partition coefficient (Wildman–Crippen LogP) is 0.433. The lowest BCUT2D eigenvalue weighted by molar-refractivity contribution is -0.385. The first-order chi connectivity index (χ1) is 9.90. The van der Waals surface area contributed by atoms with Crippen LogP contribution in [0, 0.1) is 10.1 Å². The summed E-state index contributed by atoms with van der Waals surface area (Å²) in [4.78, 5) is 33.0. The van der Waals surface area contributed by atoms with Crippen molar-refractivity contribution in [3.05, 3.63) is 33.9 Å². The number of carbonyl (C=O) groups is 2. The van der Waals surface area contributed by atoms with Gasteiger partial charge in [-0.3, -0.25) is 14.9 Å². The number of nitro groups is 1. The minimum absolute atomic E-state index is 0.00299. The minimum Gasteiger partial charge on any atom is -0.490 e. The van der Waals surface area contributed by atoms with E-state index >= 15 is 0 Å². The minimum atomic E-state index is -1.27. The van der Waals surface area contributed by atoms with Crippen LogP contribution in [0.25, 0.3) is 0 Å². The number of amides is 1. The molecule has 1 rings (SSSR count). The Morgan fingerprint density at radius 2 is 2.10 bits per heavy atom. The van der Waals surface area contributed by atoms with E-state index in [4.69, 9.17) is 9.84 Å². The highest BCUT2D eigenvalue weighted by Crippen LogP contribution is 2.27. The number of carboxylic acids is 1. The zero-order valence-electron chi connectivity index (χ0n) is 11.4. The fraction of sp³-hybridized carbons (Fsp3) is 0.333. The van der Waals surface area contributed by atoms with Gasteiger partial charge in [0, 0.05) is 18.7 Å². The molecule has 9 heteroatoms. The molecule has 1 amide bonds. The van der Waals surface area contributed by atoms with E-state index in [2.05, 4.69) is 10.1 Å². The van der Waals surface area contributed by atoms with Crippen LogP contribution in [0.15, 0.2) is 18.2 Å². The normalized spacial score (nSPS) is 11.5. The number of ether oxygens (including phenoxy) is 2. The third-order valence-electron chi connectivity index (χ3n) is 2.57. The molecule has 114 valence electrons. The summed E-state index contributed by atoms with van der Waals surface area (Å²) in [7, 11) is 2.56. The lowest BCUT2D eigenvalue weighted by Gasteiger charge is -2.13. The van der Waals surface area contributed by atoms with Crippen molar-refractivity contribution in [3.63, 3.8) is 0 Å². The zero-order chi connectivity index (χ0) is 16.0. The van der Waals surface area contributed by atoms with Crippen molar-refractivity contribution in [2.75, 3.05) is 20.8 Å². The van der Waals surface area contributed by atoms with E-state index in [9.17, 15) is 19.7 Å². The third-order valence-corrected chi connectivity index (χ3v) is 2.57. The largest absolute Gasteiger partial charge is 0.490 e. The molecular formula is C12H14N2O7. The molecule has 0 fully saturated rings. The number of hydrogen-bond donors (Lipinski definition) is 2. The molecule has 9 nitrogen and oxygen atoms in total. The Labute approximate surface area is 119 Å². The monoisotopic (exact) mass is 298 g/mol. The van der Waals surface area contributed by atoms with E-state index < -0.39 is 22.8 Å². The number of carbonyl (C=O) groups excluding carboxylic acids is 1. The van der Waals surface area contributed by atoms with Crippen molar-refractivity contribution in [2.24, 2.45) is 0 Å². The zero-order valence-corrected chi connectivity index (χ0v) is 11.4. The van der Waals surface area contributed by atoms with Gasteiger partial charge in [0.25, 0.3) is 5.91 Å². The average molecular weight is 298 g/mol. The van der Waals surface area contributed by atoms with E-state index in [0.29, 0.717) is 0 Å². The lowest BCUT2D eigenvalue weighted by atomic mass is 10.1. The van der Waals surface area contributed by atoms with Crippen LogP contribution in [-0.4, -0.2) is 48.8 Å². The van der Waals surface area contributed by atoms with Crippen LogP contribution in [0.1, 0.15) is 10.4 Å². The molecule has 1 aromatic carbocycles. The molecule has 0 aliphatic rings. The third kappa shape index (κ3) is 4.14. The fourth-order valence-corrected chi connectivity index (χ4v) is 1.56. The number of carboxylic acid groups (broad SMARTS) is 1.